The zero-order valence-electron chi connectivity index (χ0n) is 11.5. The van der Waals surface area contributed by atoms with Gasteiger partial charge >= 0.3 is 5.97 Å². The summed E-state index contributed by atoms with van der Waals surface area (Å²) in [5.74, 6) is -0.196. The van der Waals surface area contributed by atoms with Crippen molar-refractivity contribution in [1.29, 1.82) is 0 Å². The van der Waals surface area contributed by atoms with Crippen LogP contribution in [0.2, 0.25) is 0 Å². The van der Waals surface area contributed by atoms with Crippen molar-refractivity contribution in [2.45, 2.75) is 19.8 Å². The number of unbranched alkanes of at least 4 members (excludes halogenated alkanes) is 1. The summed E-state index contributed by atoms with van der Waals surface area (Å²) in [6, 6.07) is 14.5. The van der Waals surface area contributed by atoms with E-state index in [1.165, 1.54) is 0 Å². The quantitative estimate of drug-likeness (QED) is 0.799. The Kier molecular flexibility index (Phi) is 4.77. The zero-order valence-corrected chi connectivity index (χ0v) is 11.5. The van der Waals surface area contributed by atoms with Crippen molar-refractivity contribution in [3.63, 3.8) is 0 Å². The first-order valence-corrected chi connectivity index (χ1v) is 6.78. The summed E-state index contributed by atoms with van der Waals surface area (Å²) in [6.07, 6.45) is 2.04. The van der Waals surface area contributed by atoms with Gasteiger partial charge in [0.1, 0.15) is 5.75 Å². The molecule has 0 aromatic heterocycles. The summed E-state index contributed by atoms with van der Waals surface area (Å²) in [4.78, 5) is 11.3. The second kappa shape index (κ2) is 6.75. The van der Waals surface area contributed by atoms with Gasteiger partial charge in [-0.1, -0.05) is 49.7 Å². The molecule has 0 atom stereocenters. The van der Waals surface area contributed by atoms with Gasteiger partial charge < -0.3 is 9.84 Å². The van der Waals surface area contributed by atoms with Crippen molar-refractivity contribution in [2.75, 3.05) is 6.61 Å². The molecule has 0 aliphatic rings. The van der Waals surface area contributed by atoms with E-state index in [-0.39, 0.29) is 0 Å². The van der Waals surface area contributed by atoms with Crippen LogP contribution in [0.1, 0.15) is 30.1 Å². The number of carboxylic acid groups (broad SMARTS) is 1. The molecule has 0 saturated heterocycles. The molecule has 3 heteroatoms. The summed E-state index contributed by atoms with van der Waals surface area (Å²) < 4.78 is 5.77. The van der Waals surface area contributed by atoms with Crippen LogP contribution in [0.4, 0.5) is 0 Å². The van der Waals surface area contributed by atoms with Crippen molar-refractivity contribution >= 4 is 5.97 Å². The van der Waals surface area contributed by atoms with E-state index >= 15 is 0 Å². The molecule has 2 aromatic carbocycles. The number of carboxylic acids is 1. The van der Waals surface area contributed by atoms with E-state index in [1.54, 1.807) is 12.1 Å². The van der Waals surface area contributed by atoms with Crippen molar-refractivity contribution in [2.24, 2.45) is 0 Å². The molecule has 3 nitrogen and oxygen atoms in total. The van der Waals surface area contributed by atoms with E-state index < -0.39 is 5.97 Å². The first-order valence-electron chi connectivity index (χ1n) is 6.78. The predicted molar refractivity (Wildman–Crippen MR) is 79.2 cm³/mol. The minimum absolute atomic E-state index is 0.291. The molecule has 0 radical (unpaired) electrons. The van der Waals surface area contributed by atoms with Crippen LogP contribution < -0.4 is 4.74 Å². The van der Waals surface area contributed by atoms with Crippen LogP contribution in [0.3, 0.4) is 0 Å². The molecule has 2 rings (SSSR count). The molecule has 20 heavy (non-hydrogen) atoms. The average molecular weight is 270 g/mol. The van der Waals surface area contributed by atoms with Crippen LogP contribution in [0.25, 0.3) is 11.1 Å². The summed E-state index contributed by atoms with van der Waals surface area (Å²) in [5, 5.41) is 9.29. The van der Waals surface area contributed by atoms with Crippen LogP contribution in [0, 0.1) is 0 Å². The molecule has 0 bridgehead atoms. The molecule has 0 fully saturated rings. The second-order valence-corrected chi connectivity index (χ2v) is 4.55. The molecule has 0 aliphatic heterocycles. The van der Waals surface area contributed by atoms with E-state index in [9.17, 15) is 9.90 Å². The number of para-hydroxylation sites is 1. The number of carbonyl (C=O) groups is 1. The summed E-state index contributed by atoms with van der Waals surface area (Å²) >= 11 is 0. The fourth-order valence-corrected chi connectivity index (χ4v) is 2.05. The standard InChI is InChI=1S/C17H18O3/c1-2-3-12-20-16-11-7-6-9-14(16)13-8-4-5-10-15(13)17(18)19/h4-11H,2-3,12H2,1H3,(H,18,19). The van der Waals surface area contributed by atoms with Crippen LogP contribution >= 0.6 is 0 Å². The molecular weight excluding hydrogens is 252 g/mol. The molecule has 104 valence electrons. The highest BCUT2D eigenvalue weighted by atomic mass is 16.5. The van der Waals surface area contributed by atoms with Crippen LogP contribution in [0.5, 0.6) is 5.75 Å². The Morgan fingerprint density at radius 2 is 1.70 bits per heavy atom. The molecule has 2 aromatic rings. The van der Waals surface area contributed by atoms with Gasteiger partial charge in [0.25, 0.3) is 0 Å². The normalized spacial score (nSPS) is 10.2. The van der Waals surface area contributed by atoms with Gasteiger partial charge in [-0.25, -0.2) is 4.79 Å². The lowest BCUT2D eigenvalue weighted by atomic mass is 9.99. The molecule has 0 unspecified atom stereocenters. The molecule has 0 aliphatic carbocycles. The van der Waals surface area contributed by atoms with E-state index in [4.69, 9.17) is 4.74 Å². The topological polar surface area (TPSA) is 46.5 Å². The molecule has 0 amide bonds. The van der Waals surface area contributed by atoms with Crippen molar-refractivity contribution in [3.05, 3.63) is 54.1 Å². The fourth-order valence-electron chi connectivity index (χ4n) is 2.05. The first-order chi connectivity index (χ1) is 9.74. The molecular formula is C17H18O3. The Labute approximate surface area is 118 Å². The predicted octanol–water partition coefficient (Wildman–Crippen LogP) is 4.23. The number of ether oxygens (including phenoxy) is 1. The lowest BCUT2D eigenvalue weighted by molar-refractivity contribution is 0.0697. The van der Waals surface area contributed by atoms with Gasteiger partial charge in [0, 0.05) is 5.56 Å². The maximum absolute atomic E-state index is 11.3. The molecule has 0 saturated carbocycles. The SMILES string of the molecule is CCCCOc1ccccc1-c1ccccc1C(=O)O. The van der Waals surface area contributed by atoms with Crippen LogP contribution in [-0.4, -0.2) is 17.7 Å². The van der Waals surface area contributed by atoms with Crippen LogP contribution in [0.15, 0.2) is 48.5 Å². The van der Waals surface area contributed by atoms with Gasteiger partial charge in [-0.05, 0) is 24.1 Å². The van der Waals surface area contributed by atoms with Crippen LogP contribution in [-0.2, 0) is 0 Å². The third-order valence-corrected chi connectivity index (χ3v) is 3.09. The Balaban J connectivity index is 2.40. The molecule has 0 spiro atoms. The van der Waals surface area contributed by atoms with E-state index in [1.807, 2.05) is 36.4 Å². The zero-order chi connectivity index (χ0) is 14.4. The highest BCUT2D eigenvalue weighted by Crippen LogP contribution is 2.32. The lowest BCUT2D eigenvalue weighted by Crippen LogP contribution is -2.02. The highest BCUT2D eigenvalue weighted by molar-refractivity contribution is 5.96. The van der Waals surface area contributed by atoms with Crippen molar-refractivity contribution in [3.8, 4) is 16.9 Å². The Bertz CT molecular complexity index is 590. The third kappa shape index (κ3) is 3.18. The van der Waals surface area contributed by atoms with Gasteiger partial charge in [0.15, 0.2) is 0 Å². The summed E-state index contributed by atoms with van der Waals surface area (Å²) in [6.45, 7) is 2.75. The van der Waals surface area contributed by atoms with E-state index in [2.05, 4.69) is 6.92 Å². The number of benzene rings is 2. The minimum atomic E-state index is -0.927. The molecule has 0 heterocycles. The Morgan fingerprint density at radius 1 is 1.05 bits per heavy atom. The fraction of sp³-hybridized carbons (Fsp3) is 0.235. The third-order valence-electron chi connectivity index (χ3n) is 3.09. The largest absolute Gasteiger partial charge is 0.493 e. The maximum atomic E-state index is 11.3. The Morgan fingerprint density at radius 3 is 2.40 bits per heavy atom. The van der Waals surface area contributed by atoms with E-state index in [0.717, 1.165) is 24.2 Å². The van der Waals surface area contributed by atoms with Gasteiger partial charge in [-0.2, -0.15) is 0 Å². The highest BCUT2D eigenvalue weighted by Gasteiger charge is 2.14. The summed E-state index contributed by atoms with van der Waals surface area (Å²) in [7, 11) is 0. The Hall–Kier alpha value is -2.29. The van der Waals surface area contributed by atoms with E-state index in [0.29, 0.717) is 17.7 Å². The van der Waals surface area contributed by atoms with Gasteiger partial charge in [-0.15, -0.1) is 0 Å². The average Bonchev–Trinajstić information content (AvgIpc) is 2.48. The maximum Gasteiger partial charge on any atom is 0.336 e. The summed E-state index contributed by atoms with van der Waals surface area (Å²) in [5.41, 5.74) is 1.80. The van der Waals surface area contributed by atoms with Crippen molar-refractivity contribution in [1.82, 2.24) is 0 Å². The smallest absolute Gasteiger partial charge is 0.336 e. The van der Waals surface area contributed by atoms with Gasteiger partial charge in [0.2, 0.25) is 0 Å². The number of hydrogen-bond acceptors (Lipinski definition) is 2. The first kappa shape index (κ1) is 14.1. The van der Waals surface area contributed by atoms with Gasteiger partial charge in [0.05, 0.1) is 12.2 Å². The second-order valence-electron chi connectivity index (χ2n) is 4.55. The van der Waals surface area contributed by atoms with Gasteiger partial charge in [-0.3, -0.25) is 0 Å². The minimum Gasteiger partial charge on any atom is -0.493 e. The monoisotopic (exact) mass is 270 g/mol. The molecule has 1 N–H and O–H groups in total. The van der Waals surface area contributed by atoms with Crippen molar-refractivity contribution < 1.29 is 14.6 Å². The number of hydrogen-bond donors (Lipinski definition) is 1. The number of rotatable bonds is 6. The number of aromatic carboxylic acids is 1. The lowest BCUT2D eigenvalue weighted by Gasteiger charge is -2.13.